The first-order chi connectivity index (χ1) is 10.9. The molecule has 124 valence electrons. The number of thioether (sulfide) groups is 1. The SMILES string of the molecule is CSCC[C@H](C(=O)Nc1ccc(C(F)(F)F)cn1)n1cccc1. The Morgan fingerprint density at radius 2 is 2.04 bits per heavy atom. The van der Waals surface area contributed by atoms with Gasteiger partial charge in [0.1, 0.15) is 11.9 Å². The van der Waals surface area contributed by atoms with Crippen molar-refractivity contribution in [3.05, 3.63) is 48.4 Å². The van der Waals surface area contributed by atoms with E-state index in [2.05, 4.69) is 10.3 Å². The Morgan fingerprint density at radius 3 is 2.57 bits per heavy atom. The number of hydrogen-bond acceptors (Lipinski definition) is 3. The minimum atomic E-state index is -4.44. The van der Waals surface area contributed by atoms with Gasteiger partial charge < -0.3 is 9.88 Å². The minimum absolute atomic E-state index is 0.101. The number of alkyl halides is 3. The van der Waals surface area contributed by atoms with Gasteiger partial charge in [-0.15, -0.1) is 0 Å². The van der Waals surface area contributed by atoms with E-state index >= 15 is 0 Å². The standard InChI is InChI=1S/C15H16F3N3OS/c1-23-9-6-12(21-7-2-3-8-21)14(22)20-13-5-4-11(10-19-13)15(16,17)18/h2-5,7-8,10,12H,6,9H2,1H3,(H,19,20,22)/t12-/m1/s1. The van der Waals surface area contributed by atoms with Crippen LogP contribution in [0.4, 0.5) is 19.0 Å². The molecule has 0 aliphatic heterocycles. The number of nitrogens with one attached hydrogen (secondary N) is 1. The van der Waals surface area contributed by atoms with Crippen molar-refractivity contribution >= 4 is 23.5 Å². The highest BCUT2D eigenvalue weighted by molar-refractivity contribution is 7.98. The van der Waals surface area contributed by atoms with Gasteiger partial charge in [-0.2, -0.15) is 24.9 Å². The van der Waals surface area contributed by atoms with Crippen LogP contribution in [0.2, 0.25) is 0 Å². The van der Waals surface area contributed by atoms with Crippen molar-refractivity contribution in [3.8, 4) is 0 Å². The summed E-state index contributed by atoms with van der Waals surface area (Å²) >= 11 is 1.62. The van der Waals surface area contributed by atoms with E-state index in [0.29, 0.717) is 12.6 Å². The predicted molar refractivity (Wildman–Crippen MR) is 84.3 cm³/mol. The summed E-state index contributed by atoms with van der Waals surface area (Å²) in [5, 5.41) is 2.57. The van der Waals surface area contributed by atoms with E-state index in [4.69, 9.17) is 0 Å². The largest absolute Gasteiger partial charge is 0.417 e. The van der Waals surface area contributed by atoms with Gasteiger partial charge in [0.2, 0.25) is 5.91 Å². The average Bonchev–Trinajstić information content (AvgIpc) is 3.01. The maximum Gasteiger partial charge on any atom is 0.417 e. The average molecular weight is 343 g/mol. The third kappa shape index (κ3) is 4.75. The first-order valence-electron chi connectivity index (χ1n) is 6.87. The number of pyridine rings is 1. The predicted octanol–water partition coefficient (Wildman–Crippen LogP) is 3.83. The number of hydrogen-bond donors (Lipinski definition) is 1. The van der Waals surface area contributed by atoms with E-state index in [1.165, 1.54) is 0 Å². The first kappa shape index (κ1) is 17.4. The number of anilines is 1. The zero-order valence-electron chi connectivity index (χ0n) is 12.4. The number of amides is 1. The number of nitrogens with zero attached hydrogens (tertiary/aromatic N) is 2. The van der Waals surface area contributed by atoms with Crippen molar-refractivity contribution in [1.82, 2.24) is 9.55 Å². The fraction of sp³-hybridized carbons (Fsp3) is 0.333. The second-order valence-electron chi connectivity index (χ2n) is 4.85. The molecule has 23 heavy (non-hydrogen) atoms. The van der Waals surface area contributed by atoms with E-state index in [1.54, 1.807) is 28.7 Å². The molecule has 0 spiro atoms. The van der Waals surface area contributed by atoms with Crippen LogP contribution in [0.5, 0.6) is 0 Å². The molecule has 0 saturated carbocycles. The molecule has 0 aromatic carbocycles. The van der Waals surface area contributed by atoms with Gasteiger partial charge in [-0.05, 0) is 42.7 Å². The lowest BCUT2D eigenvalue weighted by atomic mass is 10.2. The highest BCUT2D eigenvalue weighted by atomic mass is 32.2. The van der Waals surface area contributed by atoms with Crippen molar-refractivity contribution in [3.63, 3.8) is 0 Å². The van der Waals surface area contributed by atoms with Crippen LogP contribution in [0.15, 0.2) is 42.9 Å². The van der Waals surface area contributed by atoms with Gasteiger partial charge in [0.15, 0.2) is 0 Å². The van der Waals surface area contributed by atoms with E-state index in [0.717, 1.165) is 17.9 Å². The molecular formula is C15H16F3N3OS. The molecular weight excluding hydrogens is 327 g/mol. The monoisotopic (exact) mass is 343 g/mol. The molecule has 1 amide bonds. The lowest BCUT2D eigenvalue weighted by Gasteiger charge is -2.18. The van der Waals surface area contributed by atoms with E-state index < -0.39 is 17.8 Å². The molecule has 0 unspecified atom stereocenters. The van der Waals surface area contributed by atoms with Gasteiger partial charge >= 0.3 is 6.18 Å². The Morgan fingerprint density at radius 1 is 1.35 bits per heavy atom. The summed E-state index contributed by atoms with van der Waals surface area (Å²) in [6, 6.07) is 5.25. The Hall–Kier alpha value is -1.96. The highest BCUT2D eigenvalue weighted by Crippen LogP contribution is 2.29. The topological polar surface area (TPSA) is 46.9 Å². The van der Waals surface area contributed by atoms with Crippen LogP contribution in [-0.2, 0) is 11.0 Å². The van der Waals surface area contributed by atoms with Gasteiger partial charge in [-0.25, -0.2) is 4.98 Å². The van der Waals surface area contributed by atoms with Crippen LogP contribution in [0.3, 0.4) is 0 Å². The maximum atomic E-state index is 12.5. The summed E-state index contributed by atoms with van der Waals surface area (Å²) in [7, 11) is 0. The summed E-state index contributed by atoms with van der Waals surface area (Å²) in [5.74, 6) is 0.586. The van der Waals surface area contributed by atoms with Crippen molar-refractivity contribution < 1.29 is 18.0 Å². The van der Waals surface area contributed by atoms with Gasteiger partial charge in [0.25, 0.3) is 0 Å². The molecule has 4 nitrogen and oxygen atoms in total. The number of halogens is 3. The maximum absolute atomic E-state index is 12.5. The second-order valence-corrected chi connectivity index (χ2v) is 5.83. The summed E-state index contributed by atoms with van der Waals surface area (Å²) in [6.07, 6.45) is 2.39. The van der Waals surface area contributed by atoms with Crippen LogP contribution < -0.4 is 5.32 Å². The first-order valence-corrected chi connectivity index (χ1v) is 8.26. The van der Waals surface area contributed by atoms with Crippen LogP contribution in [0, 0.1) is 0 Å². The van der Waals surface area contributed by atoms with E-state index in [9.17, 15) is 18.0 Å². The molecule has 0 bridgehead atoms. The third-order valence-corrected chi connectivity index (χ3v) is 3.87. The van der Waals surface area contributed by atoms with Crippen molar-refractivity contribution in [2.45, 2.75) is 18.6 Å². The molecule has 0 radical (unpaired) electrons. The smallest absolute Gasteiger partial charge is 0.342 e. The Kier molecular flexibility index (Phi) is 5.70. The number of carbonyl (C=O) groups is 1. The van der Waals surface area contributed by atoms with E-state index in [1.807, 2.05) is 18.4 Å². The van der Waals surface area contributed by atoms with Crippen LogP contribution >= 0.6 is 11.8 Å². The normalized spacial score (nSPS) is 12.9. The second kappa shape index (κ2) is 7.54. The molecule has 0 aliphatic rings. The summed E-state index contributed by atoms with van der Waals surface area (Å²) in [4.78, 5) is 16.1. The molecule has 0 fully saturated rings. The molecule has 0 aliphatic carbocycles. The molecule has 1 atom stereocenters. The quantitative estimate of drug-likeness (QED) is 0.867. The lowest BCUT2D eigenvalue weighted by Crippen LogP contribution is -2.26. The zero-order valence-corrected chi connectivity index (χ0v) is 13.2. The number of aromatic nitrogens is 2. The lowest BCUT2D eigenvalue weighted by molar-refractivity contribution is -0.137. The summed E-state index contributed by atoms with van der Waals surface area (Å²) < 4.78 is 39.3. The fourth-order valence-corrected chi connectivity index (χ4v) is 2.50. The van der Waals surface area contributed by atoms with Gasteiger partial charge in [-0.1, -0.05) is 0 Å². The summed E-state index contributed by atoms with van der Waals surface area (Å²) in [6.45, 7) is 0. The van der Waals surface area contributed by atoms with Gasteiger partial charge in [-0.3, -0.25) is 4.79 Å². The van der Waals surface area contributed by atoms with Gasteiger partial charge in [0.05, 0.1) is 5.56 Å². The molecule has 2 heterocycles. The molecule has 2 aromatic heterocycles. The molecule has 0 saturated heterocycles. The minimum Gasteiger partial charge on any atom is -0.342 e. The van der Waals surface area contributed by atoms with Crippen molar-refractivity contribution in [2.24, 2.45) is 0 Å². The summed E-state index contributed by atoms with van der Waals surface area (Å²) in [5.41, 5.74) is -0.847. The Labute approximate surface area is 136 Å². The van der Waals surface area contributed by atoms with Gasteiger partial charge in [0, 0.05) is 18.6 Å². The molecule has 2 rings (SSSR count). The highest BCUT2D eigenvalue weighted by Gasteiger charge is 2.30. The molecule has 1 N–H and O–H groups in total. The zero-order chi connectivity index (χ0) is 16.9. The Bertz CT molecular complexity index is 626. The molecule has 2 aromatic rings. The third-order valence-electron chi connectivity index (χ3n) is 3.23. The fourth-order valence-electron chi connectivity index (χ4n) is 2.05. The number of rotatable bonds is 6. The van der Waals surface area contributed by atoms with Crippen LogP contribution in [-0.4, -0.2) is 27.5 Å². The van der Waals surface area contributed by atoms with Crippen molar-refractivity contribution in [1.29, 1.82) is 0 Å². The number of carbonyl (C=O) groups excluding carboxylic acids is 1. The Balaban J connectivity index is 2.09. The van der Waals surface area contributed by atoms with Crippen LogP contribution in [0.25, 0.3) is 0 Å². The molecule has 8 heteroatoms. The van der Waals surface area contributed by atoms with E-state index in [-0.39, 0.29) is 11.7 Å². The van der Waals surface area contributed by atoms with Crippen LogP contribution in [0.1, 0.15) is 18.0 Å². The van der Waals surface area contributed by atoms with Crippen molar-refractivity contribution in [2.75, 3.05) is 17.3 Å².